The molecule has 2 aliphatic heterocycles. The number of nitrogens with zero attached hydrogens (tertiary/aromatic N) is 4. The second-order valence-corrected chi connectivity index (χ2v) is 8.33. The molecular weight excluding hydrogens is 316 g/mol. The van der Waals surface area contributed by atoms with Crippen molar-refractivity contribution in [3.8, 4) is 0 Å². The Labute approximate surface area is 150 Å². The van der Waals surface area contributed by atoms with Crippen molar-refractivity contribution in [3.05, 3.63) is 23.9 Å². The van der Waals surface area contributed by atoms with E-state index in [-0.39, 0.29) is 11.3 Å². The molecule has 6 heteroatoms. The lowest BCUT2D eigenvalue weighted by atomic mass is 9.71. The number of rotatable bonds is 2. The summed E-state index contributed by atoms with van der Waals surface area (Å²) in [7, 11) is 2.08. The summed E-state index contributed by atoms with van der Waals surface area (Å²) >= 11 is 0. The number of amides is 1. The summed E-state index contributed by atoms with van der Waals surface area (Å²) in [5.41, 5.74) is -0.217. The van der Waals surface area contributed by atoms with Crippen molar-refractivity contribution in [1.82, 2.24) is 14.8 Å². The van der Waals surface area contributed by atoms with Gasteiger partial charge in [-0.15, -0.1) is 0 Å². The standard InChI is InChI=1S/C19H30N4O2/c1-18(2)14-23(8-6-19(18,3)25)16-13-15(5-7-20-16)17(24)22-11-9-21(4)10-12-22/h5,7,13,25H,6,8-12,14H2,1-4H3/t19-/m0/s1. The predicted octanol–water partition coefficient (Wildman–Crippen LogP) is 1.46. The topological polar surface area (TPSA) is 59.9 Å². The van der Waals surface area contributed by atoms with Gasteiger partial charge in [-0.25, -0.2) is 4.98 Å². The second kappa shape index (κ2) is 6.57. The highest BCUT2D eigenvalue weighted by atomic mass is 16.3. The van der Waals surface area contributed by atoms with E-state index in [2.05, 4.69) is 35.7 Å². The summed E-state index contributed by atoms with van der Waals surface area (Å²) in [5, 5.41) is 10.6. The second-order valence-electron chi connectivity index (χ2n) is 8.33. The van der Waals surface area contributed by atoms with E-state index in [1.54, 1.807) is 12.3 Å². The van der Waals surface area contributed by atoms with Crippen LogP contribution in [0.25, 0.3) is 0 Å². The van der Waals surface area contributed by atoms with E-state index in [9.17, 15) is 9.90 Å². The zero-order chi connectivity index (χ0) is 18.2. The third-order valence-corrected chi connectivity index (χ3v) is 6.02. The molecule has 1 aromatic heterocycles. The highest BCUT2D eigenvalue weighted by molar-refractivity contribution is 5.95. The van der Waals surface area contributed by atoms with Crippen LogP contribution in [0.5, 0.6) is 0 Å². The van der Waals surface area contributed by atoms with Gasteiger partial charge in [-0.05, 0) is 32.5 Å². The molecule has 0 aromatic carbocycles. The SMILES string of the molecule is CN1CCN(C(=O)c2ccnc(N3CC[C@](C)(O)C(C)(C)C3)c2)CC1. The number of carbonyl (C=O) groups is 1. The molecule has 0 aliphatic carbocycles. The van der Waals surface area contributed by atoms with Crippen LogP contribution in [0.1, 0.15) is 37.6 Å². The summed E-state index contributed by atoms with van der Waals surface area (Å²) in [6, 6.07) is 3.70. The minimum atomic E-state index is -0.684. The van der Waals surface area contributed by atoms with Crippen LogP contribution in [0.15, 0.2) is 18.3 Å². The number of aliphatic hydroxyl groups is 1. The molecule has 1 amide bonds. The minimum Gasteiger partial charge on any atom is -0.389 e. The van der Waals surface area contributed by atoms with Crippen molar-refractivity contribution in [2.24, 2.45) is 5.41 Å². The molecule has 138 valence electrons. The molecular formula is C19H30N4O2. The van der Waals surface area contributed by atoms with Crippen LogP contribution in [0.3, 0.4) is 0 Å². The first kappa shape index (κ1) is 18.1. The van der Waals surface area contributed by atoms with Crippen LogP contribution in [-0.2, 0) is 0 Å². The number of piperazine rings is 1. The molecule has 2 fully saturated rings. The van der Waals surface area contributed by atoms with Gasteiger partial charge in [0.15, 0.2) is 0 Å². The Hall–Kier alpha value is -1.66. The summed E-state index contributed by atoms with van der Waals surface area (Å²) in [5.74, 6) is 0.906. The number of piperidine rings is 1. The molecule has 2 aliphatic rings. The Balaban J connectivity index is 1.75. The largest absolute Gasteiger partial charge is 0.389 e. The van der Waals surface area contributed by atoms with Crippen molar-refractivity contribution in [1.29, 1.82) is 0 Å². The lowest BCUT2D eigenvalue weighted by Crippen LogP contribution is -2.56. The van der Waals surface area contributed by atoms with E-state index in [0.717, 1.165) is 45.1 Å². The normalized spacial score (nSPS) is 27.4. The maximum absolute atomic E-state index is 12.8. The molecule has 3 heterocycles. The quantitative estimate of drug-likeness (QED) is 0.878. The molecule has 0 radical (unpaired) electrons. The van der Waals surface area contributed by atoms with Gasteiger partial charge in [-0.2, -0.15) is 0 Å². The third-order valence-electron chi connectivity index (χ3n) is 6.02. The molecule has 2 saturated heterocycles. The summed E-state index contributed by atoms with van der Waals surface area (Å²) < 4.78 is 0. The van der Waals surface area contributed by atoms with Crippen LogP contribution < -0.4 is 4.90 Å². The first-order chi connectivity index (χ1) is 11.7. The fourth-order valence-electron chi connectivity index (χ4n) is 3.53. The van der Waals surface area contributed by atoms with Crippen LogP contribution in [-0.4, -0.2) is 77.7 Å². The summed E-state index contributed by atoms with van der Waals surface area (Å²) in [6.45, 7) is 10.9. The van der Waals surface area contributed by atoms with Crippen molar-refractivity contribution in [2.75, 3.05) is 51.2 Å². The van der Waals surface area contributed by atoms with E-state index >= 15 is 0 Å². The van der Waals surface area contributed by atoms with Crippen LogP contribution >= 0.6 is 0 Å². The smallest absolute Gasteiger partial charge is 0.254 e. The minimum absolute atomic E-state index is 0.0833. The van der Waals surface area contributed by atoms with Gasteiger partial charge in [0.25, 0.3) is 5.91 Å². The zero-order valence-electron chi connectivity index (χ0n) is 15.8. The average molecular weight is 346 g/mol. The highest BCUT2D eigenvalue weighted by Crippen LogP contribution is 2.39. The van der Waals surface area contributed by atoms with Gasteiger partial charge >= 0.3 is 0 Å². The fraction of sp³-hybridized carbons (Fsp3) is 0.684. The number of pyridine rings is 1. The number of hydrogen-bond acceptors (Lipinski definition) is 5. The first-order valence-electron chi connectivity index (χ1n) is 9.11. The van der Waals surface area contributed by atoms with Crippen molar-refractivity contribution >= 4 is 11.7 Å². The molecule has 0 unspecified atom stereocenters. The van der Waals surface area contributed by atoms with Gasteiger partial charge in [-0.3, -0.25) is 4.79 Å². The zero-order valence-corrected chi connectivity index (χ0v) is 15.8. The van der Waals surface area contributed by atoms with Crippen LogP contribution in [0, 0.1) is 5.41 Å². The van der Waals surface area contributed by atoms with Crippen LogP contribution in [0.4, 0.5) is 5.82 Å². The number of hydrogen-bond donors (Lipinski definition) is 1. The molecule has 1 N–H and O–H groups in total. The molecule has 1 atom stereocenters. The van der Waals surface area contributed by atoms with Crippen LogP contribution in [0.2, 0.25) is 0 Å². The molecule has 3 rings (SSSR count). The highest BCUT2D eigenvalue weighted by Gasteiger charge is 2.44. The molecule has 0 saturated carbocycles. The Morgan fingerprint density at radius 3 is 2.48 bits per heavy atom. The van der Waals surface area contributed by atoms with Crippen molar-refractivity contribution in [3.63, 3.8) is 0 Å². The van der Waals surface area contributed by atoms with Gasteiger partial charge in [0.1, 0.15) is 5.82 Å². The van der Waals surface area contributed by atoms with E-state index < -0.39 is 5.60 Å². The van der Waals surface area contributed by atoms with Gasteiger partial charge < -0.3 is 19.8 Å². The van der Waals surface area contributed by atoms with Gasteiger partial charge in [0.05, 0.1) is 5.60 Å². The molecule has 0 spiro atoms. The maximum Gasteiger partial charge on any atom is 0.254 e. The van der Waals surface area contributed by atoms with E-state index in [4.69, 9.17) is 0 Å². The Kier molecular flexibility index (Phi) is 4.77. The number of anilines is 1. The monoisotopic (exact) mass is 346 g/mol. The molecule has 1 aromatic rings. The average Bonchev–Trinajstić information content (AvgIpc) is 2.57. The Bertz CT molecular complexity index is 636. The molecule has 25 heavy (non-hydrogen) atoms. The van der Waals surface area contributed by atoms with Crippen molar-refractivity contribution in [2.45, 2.75) is 32.8 Å². The lowest BCUT2D eigenvalue weighted by Gasteiger charge is -2.49. The lowest BCUT2D eigenvalue weighted by molar-refractivity contribution is -0.0650. The van der Waals surface area contributed by atoms with E-state index in [0.29, 0.717) is 12.0 Å². The number of likely N-dealkylation sites (N-methyl/N-ethyl adjacent to an activating group) is 1. The summed E-state index contributed by atoms with van der Waals surface area (Å²) in [4.78, 5) is 23.6. The Morgan fingerprint density at radius 1 is 1.16 bits per heavy atom. The van der Waals surface area contributed by atoms with Gasteiger partial charge in [0.2, 0.25) is 0 Å². The third kappa shape index (κ3) is 3.65. The number of carbonyl (C=O) groups excluding carboxylic acids is 1. The fourth-order valence-corrected chi connectivity index (χ4v) is 3.53. The van der Waals surface area contributed by atoms with Gasteiger partial charge in [0, 0.05) is 56.4 Å². The van der Waals surface area contributed by atoms with E-state index in [1.165, 1.54) is 0 Å². The number of aromatic nitrogens is 1. The van der Waals surface area contributed by atoms with Gasteiger partial charge in [-0.1, -0.05) is 13.8 Å². The summed E-state index contributed by atoms with van der Waals surface area (Å²) in [6.07, 6.45) is 2.41. The molecule has 6 nitrogen and oxygen atoms in total. The Morgan fingerprint density at radius 2 is 1.84 bits per heavy atom. The van der Waals surface area contributed by atoms with Crippen molar-refractivity contribution < 1.29 is 9.90 Å². The first-order valence-corrected chi connectivity index (χ1v) is 9.11. The van der Waals surface area contributed by atoms with E-state index in [1.807, 2.05) is 17.9 Å². The molecule has 0 bridgehead atoms. The maximum atomic E-state index is 12.8. The predicted molar refractivity (Wildman–Crippen MR) is 98.9 cm³/mol.